The number of hydrogen-bond donors (Lipinski definition) is 1. The number of hydrogen-bond acceptors (Lipinski definition) is 1. The smallest absolute Gasteiger partial charge is 0.344 e. The number of benzene rings is 1. The average Bonchev–Trinajstić information content (AvgIpc) is 2.26. The quantitative estimate of drug-likeness (QED) is 0.650. The Hall–Kier alpha value is -1.08. The van der Waals surface area contributed by atoms with Crippen LogP contribution in [0.4, 0.5) is 30.7 Å². The third kappa shape index (κ3) is 3.23. The Bertz CT molecular complexity index is 535. The molecule has 0 aliphatic heterocycles. The van der Waals surface area contributed by atoms with Crippen molar-refractivity contribution in [2.24, 2.45) is 0 Å². The van der Waals surface area contributed by atoms with Crippen LogP contribution >= 0.6 is 7.37 Å². The second kappa shape index (κ2) is 5.28. The van der Waals surface area contributed by atoms with Crippen molar-refractivity contribution in [2.75, 3.05) is 6.66 Å². The second-order valence-electron chi connectivity index (χ2n) is 4.45. The van der Waals surface area contributed by atoms with Crippen LogP contribution in [0.15, 0.2) is 30.3 Å². The van der Waals surface area contributed by atoms with Gasteiger partial charge in [0.1, 0.15) is 5.66 Å². The van der Waals surface area contributed by atoms with Crippen molar-refractivity contribution in [1.29, 1.82) is 0 Å². The van der Waals surface area contributed by atoms with Crippen molar-refractivity contribution in [2.45, 2.75) is 23.7 Å². The first-order chi connectivity index (χ1) is 9.23. The first kappa shape index (κ1) is 18.0. The number of alkyl halides is 7. The molecule has 0 heterocycles. The van der Waals surface area contributed by atoms with Gasteiger partial charge in [0.25, 0.3) is 0 Å². The minimum Gasteiger partial charge on any atom is -0.344 e. The lowest BCUT2D eigenvalue weighted by Gasteiger charge is -2.35. The Morgan fingerprint density at radius 1 is 1.00 bits per heavy atom. The van der Waals surface area contributed by atoms with Crippen LogP contribution in [0.5, 0.6) is 0 Å². The SMILES string of the molecule is CP(=O)(O)C(c1ccccc1)C(F)(F)C(F)(F)C(F)(F)F. The molecule has 21 heavy (non-hydrogen) atoms. The molecule has 2 atom stereocenters. The van der Waals surface area contributed by atoms with Crippen molar-refractivity contribution in [3.63, 3.8) is 0 Å². The van der Waals surface area contributed by atoms with E-state index in [1.54, 1.807) is 0 Å². The molecule has 0 saturated carbocycles. The molecule has 1 aromatic carbocycles. The van der Waals surface area contributed by atoms with Gasteiger partial charge in [0, 0.05) is 6.66 Å². The maximum absolute atomic E-state index is 13.7. The lowest BCUT2D eigenvalue weighted by Crippen LogP contribution is -2.54. The summed E-state index contributed by atoms with van der Waals surface area (Å²) in [5.74, 6) is -12.2. The van der Waals surface area contributed by atoms with E-state index in [0.29, 0.717) is 6.66 Å². The summed E-state index contributed by atoms with van der Waals surface area (Å²) < 4.78 is 102. The van der Waals surface area contributed by atoms with E-state index in [1.807, 2.05) is 0 Å². The summed E-state index contributed by atoms with van der Waals surface area (Å²) in [6.07, 6.45) is -6.56. The molecule has 10 heteroatoms. The van der Waals surface area contributed by atoms with Crippen molar-refractivity contribution in [3.05, 3.63) is 35.9 Å². The summed E-state index contributed by atoms with van der Waals surface area (Å²) in [6.45, 7) is 0.311. The van der Waals surface area contributed by atoms with Gasteiger partial charge in [0.2, 0.25) is 7.37 Å². The third-order valence-corrected chi connectivity index (χ3v) is 4.29. The monoisotopic (exact) mass is 338 g/mol. The fraction of sp³-hybridized carbons (Fsp3) is 0.455. The molecule has 0 aliphatic rings. The Labute approximate surface area is 115 Å². The summed E-state index contributed by atoms with van der Waals surface area (Å²) in [7, 11) is -5.02. The molecular weight excluding hydrogens is 328 g/mol. The largest absolute Gasteiger partial charge is 0.459 e. The lowest BCUT2D eigenvalue weighted by atomic mass is 10.0. The predicted octanol–water partition coefficient (Wildman–Crippen LogP) is 4.46. The third-order valence-electron chi connectivity index (χ3n) is 2.71. The van der Waals surface area contributed by atoms with E-state index in [2.05, 4.69) is 0 Å². The van der Waals surface area contributed by atoms with Crippen LogP contribution in [-0.4, -0.2) is 29.6 Å². The van der Waals surface area contributed by atoms with Crippen LogP contribution < -0.4 is 0 Å². The molecule has 1 aromatic rings. The predicted molar refractivity (Wildman–Crippen MR) is 60.9 cm³/mol. The van der Waals surface area contributed by atoms with Crippen molar-refractivity contribution in [1.82, 2.24) is 0 Å². The van der Waals surface area contributed by atoms with Gasteiger partial charge in [-0.15, -0.1) is 0 Å². The van der Waals surface area contributed by atoms with Gasteiger partial charge in [-0.05, 0) is 5.56 Å². The average molecular weight is 338 g/mol. The van der Waals surface area contributed by atoms with Crippen LogP contribution in [0.25, 0.3) is 0 Å². The van der Waals surface area contributed by atoms with Gasteiger partial charge in [-0.1, -0.05) is 30.3 Å². The Morgan fingerprint density at radius 3 is 1.76 bits per heavy atom. The Kier molecular flexibility index (Phi) is 4.52. The molecule has 120 valence electrons. The van der Waals surface area contributed by atoms with Crippen molar-refractivity contribution < 1.29 is 40.2 Å². The number of rotatable bonds is 4. The standard InChI is InChI=1S/C11H10F7O2P/c1-21(19,20)8(7-5-3-2-4-6-7)9(12,13)10(14,15)11(16,17)18/h2-6,8H,1H3,(H,19,20). The molecule has 1 rings (SSSR count). The molecule has 0 fully saturated rings. The van der Waals surface area contributed by atoms with E-state index in [9.17, 15) is 40.2 Å². The number of halogens is 7. The van der Waals surface area contributed by atoms with Gasteiger partial charge in [0.05, 0.1) is 0 Å². The Morgan fingerprint density at radius 2 is 1.43 bits per heavy atom. The maximum atomic E-state index is 13.7. The summed E-state index contributed by atoms with van der Waals surface area (Å²) in [5.41, 5.74) is -3.96. The fourth-order valence-corrected chi connectivity index (χ4v) is 3.27. The van der Waals surface area contributed by atoms with Gasteiger partial charge < -0.3 is 4.89 Å². The summed E-state index contributed by atoms with van der Waals surface area (Å²) >= 11 is 0. The molecule has 0 spiro atoms. The van der Waals surface area contributed by atoms with E-state index in [0.717, 1.165) is 24.3 Å². The van der Waals surface area contributed by atoms with Crippen LogP contribution in [0.2, 0.25) is 0 Å². The zero-order chi connectivity index (χ0) is 16.7. The molecule has 0 amide bonds. The highest BCUT2D eigenvalue weighted by atomic mass is 31.2. The van der Waals surface area contributed by atoms with Gasteiger partial charge in [-0.3, -0.25) is 4.57 Å². The molecule has 0 aliphatic carbocycles. The van der Waals surface area contributed by atoms with Crippen LogP contribution in [0.3, 0.4) is 0 Å². The van der Waals surface area contributed by atoms with Crippen molar-refractivity contribution >= 4 is 7.37 Å². The first-order valence-corrected chi connectivity index (χ1v) is 7.57. The summed E-state index contributed by atoms with van der Waals surface area (Å²) in [4.78, 5) is 9.27. The minimum atomic E-state index is -6.56. The Balaban J connectivity index is 3.51. The molecule has 2 nitrogen and oxygen atoms in total. The van der Waals surface area contributed by atoms with Crippen LogP contribution in [0, 0.1) is 0 Å². The second-order valence-corrected chi connectivity index (χ2v) is 6.85. The highest BCUT2D eigenvalue weighted by molar-refractivity contribution is 7.57. The van der Waals surface area contributed by atoms with Crippen molar-refractivity contribution in [3.8, 4) is 0 Å². The molecule has 0 radical (unpaired) electrons. The molecule has 1 N–H and O–H groups in total. The molecule has 0 bridgehead atoms. The summed E-state index contributed by atoms with van der Waals surface area (Å²) in [6, 6.07) is 5.03. The van der Waals surface area contributed by atoms with E-state index >= 15 is 0 Å². The van der Waals surface area contributed by atoms with Gasteiger partial charge >= 0.3 is 18.0 Å². The highest BCUT2D eigenvalue weighted by Crippen LogP contribution is 2.65. The van der Waals surface area contributed by atoms with E-state index in [4.69, 9.17) is 0 Å². The molecular formula is C11H10F7O2P. The minimum absolute atomic E-state index is 0.311. The first-order valence-electron chi connectivity index (χ1n) is 5.40. The highest BCUT2D eigenvalue weighted by Gasteiger charge is 2.77. The lowest BCUT2D eigenvalue weighted by molar-refractivity contribution is -0.355. The zero-order valence-electron chi connectivity index (χ0n) is 10.4. The van der Waals surface area contributed by atoms with E-state index in [-0.39, 0.29) is 0 Å². The molecule has 0 aromatic heterocycles. The fourth-order valence-electron chi connectivity index (χ4n) is 1.78. The normalized spacial score (nSPS) is 18.1. The molecule has 2 unspecified atom stereocenters. The summed E-state index contributed by atoms with van der Waals surface area (Å²) in [5, 5.41) is 0. The zero-order valence-corrected chi connectivity index (χ0v) is 11.3. The van der Waals surface area contributed by atoms with Gasteiger partial charge in [-0.25, -0.2) is 0 Å². The van der Waals surface area contributed by atoms with Gasteiger partial charge in [0.15, 0.2) is 0 Å². The van der Waals surface area contributed by atoms with E-state index in [1.165, 1.54) is 6.07 Å². The van der Waals surface area contributed by atoms with Crippen LogP contribution in [0.1, 0.15) is 11.2 Å². The van der Waals surface area contributed by atoms with Gasteiger partial charge in [-0.2, -0.15) is 30.7 Å². The topological polar surface area (TPSA) is 37.3 Å². The molecule has 0 saturated heterocycles. The van der Waals surface area contributed by atoms with E-state index < -0.39 is 36.6 Å². The van der Waals surface area contributed by atoms with Crippen LogP contribution in [-0.2, 0) is 4.57 Å². The maximum Gasteiger partial charge on any atom is 0.459 e.